The summed E-state index contributed by atoms with van der Waals surface area (Å²) in [6, 6.07) is 0. The van der Waals surface area contributed by atoms with Gasteiger partial charge in [0, 0.05) is 0 Å². The SMILES string of the molecule is CCCCCCCCCC[N+](C)(C)CCCCCCCCCC.O=C([O-])[O-]. The van der Waals surface area contributed by atoms with Crippen molar-refractivity contribution in [3.05, 3.63) is 0 Å². The highest BCUT2D eigenvalue weighted by atomic mass is 16.6. The monoisotopic (exact) mass is 386 g/mol. The Morgan fingerprint density at radius 1 is 0.556 bits per heavy atom. The van der Waals surface area contributed by atoms with Crippen LogP contribution in [0.5, 0.6) is 0 Å². The van der Waals surface area contributed by atoms with Crippen molar-refractivity contribution < 1.29 is 19.5 Å². The molecule has 0 atom stereocenters. The van der Waals surface area contributed by atoms with Crippen molar-refractivity contribution in [1.29, 1.82) is 0 Å². The van der Waals surface area contributed by atoms with E-state index in [-0.39, 0.29) is 0 Å². The van der Waals surface area contributed by atoms with Crippen LogP contribution in [0.4, 0.5) is 4.79 Å². The first-order chi connectivity index (χ1) is 12.9. The zero-order chi connectivity index (χ0) is 20.8. The van der Waals surface area contributed by atoms with E-state index in [0.29, 0.717) is 0 Å². The summed E-state index contributed by atoms with van der Waals surface area (Å²) in [6.07, 6.45) is 20.7. The third-order valence-corrected chi connectivity index (χ3v) is 5.23. The molecular weight excluding hydrogens is 338 g/mol. The van der Waals surface area contributed by atoms with Crippen LogP contribution in [-0.4, -0.2) is 37.8 Å². The standard InChI is InChI=1S/C22H48N.CH2O3/c1-5-7-9-11-13-15-17-19-21-23(3,4)22-20-18-16-14-12-10-8-6-2;2-1(3)4/h5-22H2,1-4H3;(H2,2,3,4)/q+1;/p-2. The lowest BCUT2D eigenvalue weighted by atomic mass is 10.1. The van der Waals surface area contributed by atoms with Gasteiger partial charge in [-0.25, -0.2) is 0 Å². The fourth-order valence-corrected chi connectivity index (χ4v) is 3.46. The molecule has 0 aliphatic heterocycles. The van der Waals surface area contributed by atoms with Gasteiger partial charge < -0.3 is 19.5 Å². The summed E-state index contributed by atoms with van der Waals surface area (Å²) in [5, 5.41) is 16.7. The highest BCUT2D eigenvalue weighted by molar-refractivity contribution is 5.47. The van der Waals surface area contributed by atoms with E-state index in [1.807, 2.05) is 0 Å². The van der Waals surface area contributed by atoms with Crippen LogP contribution >= 0.6 is 0 Å². The molecule has 0 aliphatic rings. The van der Waals surface area contributed by atoms with Crippen molar-refractivity contribution >= 4 is 6.16 Å². The second kappa shape index (κ2) is 21.5. The van der Waals surface area contributed by atoms with Gasteiger partial charge in [-0.1, -0.05) is 90.9 Å². The Hall–Kier alpha value is -0.770. The van der Waals surface area contributed by atoms with Gasteiger partial charge in [-0.15, -0.1) is 0 Å². The van der Waals surface area contributed by atoms with Crippen LogP contribution in [0.3, 0.4) is 0 Å². The van der Waals surface area contributed by atoms with Crippen molar-refractivity contribution in [1.82, 2.24) is 0 Å². The van der Waals surface area contributed by atoms with E-state index in [2.05, 4.69) is 27.9 Å². The van der Waals surface area contributed by atoms with Crippen LogP contribution < -0.4 is 10.2 Å². The van der Waals surface area contributed by atoms with Gasteiger partial charge in [0.15, 0.2) is 0 Å². The Labute approximate surface area is 169 Å². The van der Waals surface area contributed by atoms with Crippen LogP contribution in [0, 0.1) is 0 Å². The topological polar surface area (TPSA) is 63.2 Å². The first-order valence-electron chi connectivity index (χ1n) is 11.6. The van der Waals surface area contributed by atoms with Crippen LogP contribution in [0.2, 0.25) is 0 Å². The summed E-state index contributed by atoms with van der Waals surface area (Å²) in [5.74, 6) is 0. The lowest BCUT2D eigenvalue weighted by Crippen LogP contribution is -2.41. The number of rotatable bonds is 18. The molecule has 27 heavy (non-hydrogen) atoms. The smallest absolute Gasteiger partial charge is 0.0782 e. The summed E-state index contributed by atoms with van der Waals surface area (Å²) in [5.41, 5.74) is 0. The molecule has 0 saturated heterocycles. The Morgan fingerprint density at radius 3 is 1.04 bits per heavy atom. The van der Waals surface area contributed by atoms with Gasteiger partial charge in [0.1, 0.15) is 0 Å². The lowest BCUT2D eigenvalue weighted by molar-refractivity contribution is -0.890. The Balaban J connectivity index is 0. The van der Waals surface area contributed by atoms with Gasteiger partial charge in [-0.2, -0.15) is 0 Å². The first-order valence-corrected chi connectivity index (χ1v) is 11.6. The summed E-state index contributed by atoms with van der Waals surface area (Å²) in [7, 11) is 4.87. The highest BCUT2D eigenvalue weighted by Gasteiger charge is 2.13. The molecule has 0 fully saturated rings. The average Bonchev–Trinajstić information content (AvgIpc) is 2.59. The average molecular weight is 387 g/mol. The highest BCUT2D eigenvalue weighted by Crippen LogP contribution is 2.13. The maximum Gasteiger partial charge on any atom is 0.0782 e. The Bertz CT molecular complexity index is 280. The van der Waals surface area contributed by atoms with E-state index in [0.717, 1.165) is 0 Å². The van der Waals surface area contributed by atoms with Crippen molar-refractivity contribution in [3.63, 3.8) is 0 Å². The molecule has 4 heteroatoms. The molecule has 0 saturated carbocycles. The summed E-state index contributed by atoms with van der Waals surface area (Å²) < 4.78 is 1.24. The number of unbranched alkanes of at least 4 members (excludes halogenated alkanes) is 14. The molecule has 0 heterocycles. The minimum absolute atomic E-state index is 1.24. The van der Waals surface area contributed by atoms with Crippen molar-refractivity contribution in [2.75, 3.05) is 27.2 Å². The fraction of sp³-hybridized carbons (Fsp3) is 0.957. The second-order valence-electron chi connectivity index (χ2n) is 8.58. The molecule has 0 aromatic rings. The molecule has 0 unspecified atom stereocenters. The number of nitrogens with zero attached hydrogens (tertiary/aromatic N) is 1. The van der Waals surface area contributed by atoms with E-state index in [1.165, 1.54) is 120 Å². The van der Waals surface area contributed by atoms with Gasteiger partial charge in [0.25, 0.3) is 0 Å². The van der Waals surface area contributed by atoms with Gasteiger partial charge in [-0.3, -0.25) is 0 Å². The normalized spacial score (nSPS) is 11.1. The predicted octanol–water partition coefficient (Wildman–Crippen LogP) is 4.90. The second-order valence-corrected chi connectivity index (χ2v) is 8.58. The van der Waals surface area contributed by atoms with Gasteiger partial charge >= 0.3 is 0 Å². The molecule has 0 amide bonds. The van der Waals surface area contributed by atoms with E-state index in [9.17, 15) is 0 Å². The van der Waals surface area contributed by atoms with Crippen molar-refractivity contribution in [3.8, 4) is 0 Å². The predicted molar refractivity (Wildman–Crippen MR) is 112 cm³/mol. The minimum Gasteiger partial charge on any atom is -0.652 e. The molecule has 0 spiro atoms. The summed E-state index contributed by atoms with van der Waals surface area (Å²) >= 11 is 0. The molecular formula is C23H48NO3-. The van der Waals surface area contributed by atoms with Gasteiger partial charge in [0.2, 0.25) is 0 Å². The van der Waals surface area contributed by atoms with Crippen LogP contribution in [-0.2, 0) is 0 Å². The molecule has 0 aromatic carbocycles. The maximum absolute atomic E-state index is 8.33. The van der Waals surface area contributed by atoms with E-state index in [4.69, 9.17) is 15.0 Å². The quantitative estimate of drug-likeness (QED) is 0.249. The Morgan fingerprint density at radius 2 is 0.778 bits per heavy atom. The molecule has 164 valence electrons. The summed E-state index contributed by atoms with van der Waals surface area (Å²) in [6.45, 7) is 7.36. The van der Waals surface area contributed by atoms with Crippen molar-refractivity contribution in [2.24, 2.45) is 0 Å². The number of quaternary nitrogens is 1. The molecule has 0 aromatic heterocycles. The zero-order valence-electron chi connectivity index (χ0n) is 18.9. The van der Waals surface area contributed by atoms with E-state index in [1.54, 1.807) is 0 Å². The molecule has 0 aliphatic carbocycles. The van der Waals surface area contributed by atoms with E-state index >= 15 is 0 Å². The minimum atomic E-state index is -2.33. The number of hydrogen-bond acceptors (Lipinski definition) is 3. The van der Waals surface area contributed by atoms with E-state index < -0.39 is 6.16 Å². The van der Waals surface area contributed by atoms with Crippen LogP contribution in [0.15, 0.2) is 0 Å². The number of hydrogen-bond donors (Lipinski definition) is 0. The molecule has 0 radical (unpaired) electrons. The molecule has 0 rings (SSSR count). The van der Waals surface area contributed by atoms with Gasteiger partial charge in [0.05, 0.1) is 27.2 Å². The number of carboxylic acid groups (broad SMARTS) is 2. The van der Waals surface area contributed by atoms with Crippen molar-refractivity contribution in [2.45, 2.75) is 117 Å². The summed E-state index contributed by atoms with van der Waals surface area (Å²) in [4.78, 5) is 8.33. The number of carbonyl (C=O) groups excluding carboxylic acids is 1. The first kappa shape index (κ1) is 28.4. The third-order valence-electron chi connectivity index (χ3n) is 5.23. The molecule has 0 N–H and O–H groups in total. The number of carbonyl (C=O) groups is 1. The van der Waals surface area contributed by atoms with Crippen LogP contribution in [0.1, 0.15) is 117 Å². The molecule has 0 bridgehead atoms. The third kappa shape index (κ3) is 30.2. The lowest BCUT2D eigenvalue weighted by Gasteiger charge is -2.30. The molecule has 4 nitrogen and oxygen atoms in total. The fourth-order valence-electron chi connectivity index (χ4n) is 3.46. The Kier molecular flexibility index (Phi) is 22.7. The van der Waals surface area contributed by atoms with Crippen LogP contribution in [0.25, 0.3) is 0 Å². The maximum atomic E-state index is 8.33. The zero-order valence-corrected chi connectivity index (χ0v) is 18.9. The van der Waals surface area contributed by atoms with Gasteiger partial charge in [-0.05, 0) is 31.8 Å². The largest absolute Gasteiger partial charge is 0.652 e.